The zero-order valence-corrected chi connectivity index (χ0v) is 15.4. The molecule has 144 valence electrons. The van der Waals surface area contributed by atoms with Crippen LogP contribution >= 0.6 is 0 Å². The van der Waals surface area contributed by atoms with Crippen LogP contribution in [0.5, 0.6) is 0 Å². The molecule has 4 nitrogen and oxygen atoms in total. The monoisotopic (exact) mass is 390 g/mol. The van der Waals surface area contributed by atoms with Gasteiger partial charge in [-0.1, -0.05) is 48.0 Å². The number of carbonyl (C=O) groups is 2. The molecule has 1 aliphatic rings. The summed E-state index contributed by atoms with van der Waals surface area (Å²) in [6.07, 6.45) is 0. The first-order chi connectivity index (χ1) is 14.0. The highest BCUT2D eigenvalue weighted by Crippen LogP contribution is 2.34. The number of para-hydroxylation sites is 1. The molecule has 0 spiro atoms. The van der Waals surface area contributed by atoms with Gasteiger partial charge in [0.05, 0.1) is 11.3 Å². The van der Waals surface area contributed by atoms with Crippen LogP contribution < -0.4 is 10.2 Å². The Bertz CT molecular complexity index is 1150. The predicted molar refractivity (Wildman–Crippen MR) is 107 cm³/mol. The molecule has 6 heteroatoms. The number of hydrogen-bond acceptors (Lipinski definition) is 3. The van der Waals surface area contributed by atoms with Crippen LogP contribution in [0.2, 0.25) is 0 Å². The Kier molecular flexibility index (Phi) is 4.68. The second kappa shape index (κ2) is 7.31. The van der Waals surface area contributed by atoms with E-state index in [0.717, 1.165) is 10.5 Å². The molecule has 0 atom stereocenters. The van der Waals surface area contributed by atoms with Crippen molar-refractivity contribution >= 4 is 28.8 Å². The summed E-state index contributed by atoms with van der Waals surface area (Å²) in [5.74, 6) is -2.54. The third kappa shape index (κ3) is 3.40. The van der Waals surface area contributed by atoms with E-state index in [2.05, 4.69) is 5.32 Å². The fourth-order valence-corrected chi connectivity index (χ4v) is 3.20. The van der Waals surface area contributed by atoms with Crippen molar-refractivity contribution in [2.24, 2.45) is 0 Å². The lowest BCUT2D eigenvalue weighted by Crippen LogP contribution is -2.33. The first-order valence-electron chi connectivity index (χ1n) is 8.93. The van der Waals surface area contributed by atoms with Gasteiger partial charge in [-0.2, -0.15) is 0 Å². The normalized spacial score (nSPS) is 14.0. The van der Waals surface area contributed by atoms with E-state index < -0.39 is 23.4 Å². The topological polar surface area (TPSA) is 49.4 Å². The second-order valence-corrected chi connectivity index (χ2v) is 6.65. The number of carbonyl (C=O) groups excluding carboxylic acids is 2. The summed E-state index contributed by atoms with van der Waals surface area (Å²) in [5, 5.41) is 2.85. The number of nitrogens with one attached hydrogen (secondary N) is 1. The zero-order valence-electron chi connectivity index (χ0n) is 15.4. The van der Waals surface area contributed by atoms with Crippen molar-refractivity contribution in [1.29, 1.82) is 0 Å². The van der Waals surface area contributed by atoms with Crippen molar-refractivity contribution in [2.45, 2.75) is 6.92 Å². The molecule has 0 fully saturated rings. The van der Waals surface area contributed by atoms with Gasteiger partial charge in [-0.15, -0.1) is 0 Å². The average molecular weight is 390 g/mol. The maximum Gasteiger partial charge on any atom is 0.282 e. The van der Waals surface area contributed by atoms with Gasteiger partial charge in [0.15, 0.2) is 0 Å². The summed E-state index contributed by atoms with van der Waals surface area (Å²) in [4.78, 5) is 27.1. The van der Waals surface area contributed by atoms with E-state index in [9.17, 15) is 18.4 Å². The highest BCUT2D eigenvalue weighted by Gasteiger charge is 2.41. The Hall–Kier alpha value is -3.80. The molecule has 0 aliphatic carbocycles. The van der Waals surface area contributed by atoms with Crippen molar-refractivity contribution in [2.75, 3.05) is 10.2 Å². The van der Waals surface area contributed by atoms with Crippen molar-refractivity contribution in [3.8, 4) is 0 Å². The smallest absolute Gasteiger partial charge is 0.282 e. The van der Waals surface area contributed by atoms with Gasteiger partial charge in [0.1, 0.15) is 17.3 Å². The van der Waals surface area contributed by atoms with Gasteiger partial charge in [-0.25, -0.2) is 13.7 Å². The number of benzene rings is 3. The highest BCUT2D eigenvalue weighted by atomic mass is 19.1. The van der Waals surface area contributed by atoms with Crippen molar-refractivity contribution in [3.63, 3.8) is 0 Å². The Balaban J connectivity index is 1.85. The van der Waals surface area contributed by atoms with Gasteiger partial charge in [0.2, 0.25) is 0 Å². The Morgan fingerprint density at radius 1 is 0.828 bits per heavy atom. The number of anilines is 2. The molecule has 1 N–H and O–H groups in total. The SMILES string of the molecule is Cc1ccc(C2=C(Nc3cccc(F)c3)C(=O)N(c3ccccc3F)C2=O)cc1. The Morgan fingerprint density at radius 2 is 1.55 bits per heavy atom. The van der Waals surface area contributed by atoms with Crippen LogP contribution in [-0.2, 0) is 9.59 Å². The third-order valence-electron chi connectivity index (χ3n) is 4.61. The molecule has 0 unspecified atom stereocenters. The molecule has 2 amide bonds. The van der Waals surface area contributed by atoms with E-state index in [1.54, 1.807) is 24.3 Å². The molecule has 3 aromatic carbocycles. The lowest BCUT2D eigenvalue weighted by molar-refractivity contribution is -0.120. The number of halogens is 2. The predicted octanol–water partition coefficient (Wildman–Crippen LogP) is 4.67. The molecular weight excluding hydrogens is 374 g/mol. The van der Waals surface area contributed by atoms with Gasteiger partial charge in [0.25, 0.3) is 11.8 Å². The summed E-state index contributed by atoms with van der Waals surface area (Å²) in [7, 11) is 0. The summed E-state index contributed by atoms with van der Waals surface area (Å²) < 4.78 is 27.9. The molecule has 0 saturated heterocycles. The van der Waals surface area contributed by atoms with Crippen LogP contribution in [0.3, 0.4) is 0 Å². The zero-order chi connectivity index (χ0) is 20.5. The summed E-state index contributed by atoms with van der Waals surface area (Å²) >= 11 is 0. The number of rotatable bonds is 4. The molecule has 0 aromatic heterocycles. The summed E-state index contributed by atoms with van der Waals surface area (Å²) in [5.41, 5.74) is 1.72. The fourth-order valence-electron chi connectivity index (χ4n) is 3.20. The van der Waals surface area contributed by atoms with Gasteiger partial charge in [-0.3, -0.25) is 9.59 Å². The minimum absolute atomic E-state index is 0.0345. The standard InChI is InChI=1S/C23H16F2N2O2/c1-14-9-11-15(12-10-14)20-21(26-17-6-4-5-16(24)13-17)23(29)27(22(20)28)19-8-3-2-7-18(19)25/h2-13,26H,1H3. The molecule has 1 aliphatic heterocycles. The summed E-state index contributed by atoms with van der Waals surface area (Å²) in [6, 6.07) is 18.2. The molecular formula is C23H16F2N2O2. The molecule has 0 saturated carbocycles. The Labute approximate surface area is 166 Å². The summed E-state index contributed by atoms with van der Waals surface area (Å²) in [6.45, 7) is 1.90. The minimum Gasteiger partial charge on any atom is -0.350 e. The highest BCUT2D eigenvalue weighted by molar-refractivity contribution is 6.46. The molecule has 0 bridgehead atoms. The van der Waals surface area contributed by atoms with Crippen molar-refractivity contribution in [1.82, 2.24) is 0 Å². The number of aryl methyl sites for hydroxylation is 1. The van der Waals surface area contributed by atoms with Gasteiger partial charge in [0, 0.05) is 5.69 Å². The van der Waals surface area contributed by atoms with E-state index in [4.69, 9.17) is 0 Å². The second-order valence-electron chi connectivity index (χ2n) is 6.65. The van der Waals surface area contributed by atoms with E-state index in [1.165, 1.54) is 36.4 Å². The molecule has 3 aromatic rings. The molecule has 0 radical (unpaired) electrons. The van der Waals surface area contributed by atoms with Gasteiger partial charge >= 0.3 is 0 Å². The van der Waals surface area contributed by atoms with E-state index >= 15 is 0 Å². The average Bonchev–Trinajstić information content (AvgIpc) is 2.93. The first-order valence-corrected chi connectivity index (χ1v) is 8.93. The number of amides is 2. The van der Waals surface area contributed by atoms with E-state index in [0.29, 0.717) is 11.3 Å². The minimum atomic E-state index is -0.708. The largest absolute Gasteiger partial charge is 0.350 e. The van der Waals surface area contributed by atoms with Crippen LogP contribution in [0.4, 0.5) is 20.2 Å². The molecule has 1 heterocycles. The fraction of sp³-hybridized carbons (Fsp3) is 0.0435. The number of imide groups is 1. The quantitative estimate of drug-likeness (QED) is 0.659. The number of nitrogens with zero attached hydrogens (tertiary/aromatic N) is 1. The van der Waals surface area contributed by atoms with E-state index in [1.807, 2.05) is 19.1 Å². The van der Waals surface area contributed by atoms with Crippen molar-refractivity contribution < 1.29 is 18.4 Å². The third-order valence-corrected chi connectivity index (χ3v) is 4.61. The Morgan fingerprint density at radius 3 is 2.24 bits per heavy atom. The lowest BCUT2D eigenvalue weighted by Gasteiger charge is -2.16. The molecule has 29 heavy (non-hydrogen) atoms. The maximum absolute atomic E-state index is 14.3. The lowest BCUT2D eigenvalue weighted by atomic mass is 10.0. The van der Waals surface area contributed by atoms with Crippen LogP contribution in [0.25, 0.3) is 5.57 Å². The van der Waals surface area contributed by atoms with E-state index in [-0.39, 0.29) is 17.0 Å². The van der Waals surface area contributed by atoms with Gasteiger partial charge in [-0.05, 0) is 42.8 Å². The van der Waals surface area contributed by atoms with Crippen molar-refractivity contribution in [3.05, 3.63) is 101 Å². The van der Waals surface area contributed by atoms with Crippen LogP contribution in [0.1, 0.15) is 11.1 Å². The van der Waals surface area contributed by atoms with Crippen LogP contribution in [0.15, 0.2) is 78.5 Å². The van der Waals surface area contributed by atoms with Gasteiger partial charge < -0.3 is 5.32 Å². The van der Waals surface area contributed by atoms with Crippen LogP contribution in [0, 0.1) is 18.6 Å². The molecule has 4 rings (SSSR count). The number of hydrogen-bond donors (Lipinski definition) is 1. The van der Waals surface area contributed by atoms with Crippen LogP contribution in [-0.4, -0.2) is 11.8 Å². The first kappa shape index (κ1) is 18.6. The maximum atomic E-state index is 14.3.